The molecule has 0 fully saturated rings. The highest BCUT2D eigenvalue weighted by atomic mass is 31.2. The van der Waals surface area contributed by atoms with Gasteiger partial charge in [0.05, 0.1) is 52.8 Å². The van der Waals surface area contributed by atoms with Crippen molar-refractivity contribution in [1.29, 1.82) is 0 Å². The number of imide groups is 1. The Hall–Kier alpha value is -6.81. The number of cyclic esters (lactones) is 2. The van der Waals surface area contributed by atoms with Crippen molar-refractivity contribution in [2.45, 2.75) is 189 Å². The van der Waals surface area contributed by atoms with E-state index in [-0.39, 0.29) is 99.5 Å². The molecule has 10 atom stereocenters. The minimum atomic E-state index is -4.69. The van der Waals surface area contributed by atoms with Gasteiger partial charge >= 0.3 is 33.1 Å². The van der Waals surface area contributed by atoms with Gasteiger partial charge in [0.1, 0.15) is 41.8 Å². The number of esters is 3. The lowest BCUT2D eigenvalue weighted by molar-refractivity contribution is -0.154. The molecule has 3 rings (SSSR count). The average molecular weight is 1440 g/mol. The zero-order valence-corrected chi connectivity index (χ0v) is 61.3. The van der Waals surface area contributed by atoms with Crippen molar-refractivity contribution in [2.75, 3.05) is 85.9 Å². The lowest BCUT2D eigenvalue weighted by Crippen LogP contribution is -2.57. The Morgan fingerprint density at radius 2 is 1.29 bits per heavy atom. The molecule has 2 aliphatic heterocycles. The molecule has 5 N–H and O–H groups in total. The van der Waals surface area contributed by atoms with Crippen molar-refractivity contribution in [3.63, 3.8) is 0 Å². The third kappa shape index (κ3) is 32.6. The van der Waals surface area contributed by atoms with Crippen LogP contribution in [0.1, 0.15) is 152 Å². The van der Waals surface area contributed by atoms with E-state index in [1.165, 1.54) is 69.3 Å². The molecular weight excluding hydrogens is 1330 g/mol. The molecule has 31 heteroatoms. The monoisotopic (exact) mass is 1440 g/mol. The minimum absolute atomic E-state index is 0.0572. The third-order valence-electron chi connectivity index (χ3n) is 16.4. The molecule has 3 unspecified atom stereocenters. The van der Waals surface area contributed by atoms with E-state index in [1.54, 1.807) is 26.8 Å². The second-order valence-electron chi connectivity index (χ2n) is 25.4. The fourth-order valence-electron chi connectivity index (χ4n) is 10.3. The fourth-order valence-corrected chi connectivity index (χ4v) is 13.5. The Balaban J connectivity index is 1.56. The first-order valence-corrected chi connectivity index (χ1v) is 37.4. The number of ketones is 1. The Kier molecular flexibility index (Phi) is 38.8. The number of hydrogen-bond donors (Lipinski definition) is 5. The Morgan fingerprint density at radius 1 is 0.717 bits per heavy atom. The summed E-state index contributed by atoms with van der Waals surface area (Å²) in [4.78, 5) is 170. The topological polar surface area (TPSA) is 382 Å². The number of carbonyl (C=O) groups excluding carboxylic acids is 11. The number of hydrogen-bond acceptors (Lipinski definition) is 21. The molecule has 2 heterocycles. The van der Waals surface area contributed by atoms with Gasteiger partial charge in [0, 0.05) is 70.7 Å². The van der Waals surface area contributed by atoms with Crippen LogP contribution in [0.25, 0.3) is 0 Å². The second-order valence-corrected chi connectivity index (χ2v) is 29.6. The van der Waals surface area contributed by atoms with Crippen LogP contribution in [0.2, 0.25) is 0 Å². The summed E-state index contributed by atoms with van der Waals surface area (Å²) >= 11 is 0. The highest BCUT2D eigenvalue weighted by Gasteiger charge is 2.38. The van der Waals surface area contributed by atoms with Crippen LogP contribution in [-0.4, -0.2) is 212 Å². The number of unbranched alkanes of at least 4 members (excludes halogenated alkanes) is 2. The highest BCUT2D eigenvalue weighted by molar-refractivity contribution is 7.70. The fraction of sp³-hybridized carbons (Fsp3) is 0.662. The quantitative estimate of drug-likeness (QED) is 0.0126. The van der Waals surface area contributed by atoms with E-state index >= 15 is 0 Å². The molecule has 0 radical (unpaired) electrons. The number of amides is 7. The maximum absolute atomic E-state index is 14.6. The third-order valence-corrected chi connectivity index (χ3v) is 20.4. The molecule has 0 spiro atoms. The standard InChI is InChI=1S/C68H106N6O23P2/c1-13-46(5)61-64(81)70-51(10)68(85)97-62(47(6)14-2)48(7)21-18-22-49(8)67(84)96-56(41-45(3)4)63(80)69-50(9)65(82)73(12)55(66(83)72(11)43-57(76)71-61)42-52-26-28-54(29-27-52)95-60(79)25-20-34-93-98(86,87)44-99(88,89)94-40-39-92-38-37-91-36-35-90-33-19-24-53(75)23-16-15-17-32-74-58(77)30-31-59(74)78/h14,22,26-31,45-46,48,50-51,55-56,61-62H,13,15-21,23-25,32-44H2,1-12H3,(H,69,80)(H,70,81)(H,71,76)(H,86,87)(H,88,89)/b47-14+,49-22+/t46?,48-,50-,51+,55+,56+,61-,62+/m0/s1. The van der Waals surface area contributed by atoms with Gasteiger partial charge in [-0.05, 0) is 121 Å². The van der Waals surface area contributed by atoms with Crippen molar-refractivity contribution < 1.29 is 109 Å². The summed E-state index contributed by atoms with van der Waals surface area (Å²) in [5, 5.41) is 8.04. The van der Waals surface area contributed by atoms with Crippen molar-refractivity contribution in [3.05, 3.63) is 65.3 Å². The van der Waals surface area contributed by atoms with Crippen LogP contribution >= 0.6 is 15.2 Å². The summed E-state index contributed by atoms with van der Waals surface area (Å²) in [6, 6.07) is 0.966. The van der Waals surface area contributed by atoms with Crippen molar-refractivity contribution >= 4 is 80.2 Å². The summed E-state index contributed by atoms with van der Waals surface area (Å²) in [5.74, 6) is -8.39. The number of carbonyl (C=O) groups is 11. The van der Waals surface area contributed by atoms with Crippen LogP contribution in [0.4, 0.5) is 0 Å². The molecule has 556 valence electrons. The summed E-state index contributed by atoms with van der Waals surface area (Å²) in [6.45, 7) is 17.1. The van der Waals surface area contributed by atoms with Gasteiger partial charge in [-0.25, -0.2) is 9.59 Å². The van der Waals surface area contributed by atoms with Crippen LogP contribution in [0.15, 0.2) is 59.7 Å². The molecule has 0 saturated carbocycles. The highest BCUT2D eigenvalue weighted by Crippen LogP contribution is 2.58. The first kappa shape index (κ1) is 86.4. The van der Waals surface area contributed by atoms with Gasteiger partial charge in [0.15, 0.2) is 12.0 Å². The lowest BCUT2D eigenvalue weighted by Gasteiger charge is -2.33. The molecule has 29 nitrogen and oxygen atoms in total. The Morgan fingerprint density at radius 3 is 1.90 bits per heavy atom. The summed E-state index contributed by atoms with van der Waals surface area (Å²) in [7, 11) is -6.65. The van der Waals surface area contributed by atoms with Gasteiger partial charge in [-0.15, -0.1) is 0 Å². The van der Waals surface area contributed by atoms with Gasteiger partial charge in [0.2, 0.25) is 23.6 Å². The van der Waals surface area contributed by atoms with Gasteiger partial charge in [-0.3, -0.25) is 57.2 Å². The second kappa shape index (κ2) is 44.4. The SMILES string of the molecule is C/C=C(\C)[C@H]1OC(=O)[C@@H](C)NC(=O)[C@H](C(C)CC)NC(=O)CN(C)C(=O)[C@@H](Cc2ccc(OC(=O)CCCOP(=O)(O)CP(=O)(O)OCCOCCOCCOCCCC(=O)CCCCCN3C(=O)C=CC3=O)cc2)N(C)C(=O)[C@H](C)NC(=O)[C@@H](CC(C)C)OC(=O)/C(C)=C/CC[C@@H]1C. The Bertz CT molecular complexity index is 3050. The van der Waals surface area contributed by atoms with Crippen LogP contribution in [-0.2, 0) is 101 Å². The first-order valence-electron chi connectivity index (χ1n) is 33.8. The number of rotatable bonds is 35. The zero-order valence-electron chi connectivity index (χ0n) is 59.5. The average Bonchev–Trinajstić information content (AvgIpc) is 1.42. The van der Waals surface area contributed by atoms with Crippen LogP contribution < -0.4 is 20.7 Å². The van der Waals surface area contributed by atoms with Crippen molar-refractivity contribution in [1.82, 2.24) is 30.7 Å². The molecule has 0 aliphatic carbocycles. The predicted molar refractivity (Wildman–Crippen MR) is 364 cm³/mol. The molecule has 7 amide bonds. The summed E-state index contributed by atoms with van der Waals surface area (Å²) in [5.41, 5.74) is 1.42. The molecular formula is C68H106N6O23P2. The first-order chi connectivity index (χ1) is 46.7. The van der Waals surface area contributed by atoms with Crippen LogP contribution in [0, 0.1) is 17.8 Å². The molecule has 1 aromatic carbocycles. The maximum Gasteiger partial charge on any atom is 0.340 e. The molecule has 0 saturated heterocycles. The predicted octanol–water partition coefficient (Wildman–Crippen LogP) is 6.20. The van der Waals surface area contributed by atoms with E-state index in [0.29, 0.717) is 70.1 Å². The van der Waals surface area contributed by atoms with E-state index in [0.717, 1.165) is 21.8 Å². The number of allylic oxidation sites excluding steroid dienone is 2. The molecule has 2 aliphatic rings. The van der Waals surface area contributed by atoms with E-state index in [9.17, 15) is 71.7 Å². The van der Waals surface area contributed by atoms with Crippen LogP contribution in [0.3, 0.4) is 0 Å². The van der Waals surface area contributed by atoms with E-state index in [4.69, 9.17) is 37.5 Å². The Labute approximate surface area is 581 Å². The zero-order chi connectivity index (χ0) is 74.0. The largest absolute Gasteiger partial charge is 0.456 e. The van der Waals surface area contributed by atoms with Gasteiger partial charge in [-0.1, -0.05) is 71.7 Å². The summed E-state index contributed by atoms with van der Waals surface area (Å²) < 4.78 is 68.7. The smallest absolute Gasteiger partial charge is 0.340 e. The molecule has 99 heavy (non-hydrogen) atoms. The lowest BCUT2D eigenvalue weighted by atomic mass is 9.93. The number of ether oxygens (including phenoxy) is 6. The molecule has 0 aromatic heterocycles. The van der Waals surface area contributed by atoms with Gasteiger partial charge in [0.25, 0.3) is 17.7 Å². The van der Waals surface area contributed by atoms with E-state index in [1.807, 2.05) is 40.7 Å². The molecule has 0 bridgehead atoms. The van der Waals surface area contributed by atoms with Crippen molar-refractivity contribution in [2.24, 2.45) is 17.8 Å². The van der Waals surface area contributed by atoms with E-state index in [2.05, 4.69) is 16.0 Å². The number of nitrogens with zero attached hydrogens (tertiary/aromatic N) is 3. The maximum atomic E-state index is 14.6. The number of benzene rings is 1. The summed E-state index contributed by atoms with van der Waals surface area (Å²) in [6.07, 6.45) is 8.10. The minimum Gasteiger partial charge on any atom is -0.456 e. The number of nitrogens with one attached hydrogen (secondary N) is 3. The normalized spacial score (nSPS) is 23.2. The van der Waals surface area contributed by atoms with E-state index < -0.39 is 131 Å². The number of likely N-dealkylation sites (N-methyl/N-ethyl adjacent to an activating group) is 2. The molecule has 1 aromatic rings. The van der Waals surface area contributed by atoms with Crippen LogP contribution in [0.5, 0.6) is 5.75 Å². The van der Waals surface area contributed by atoms with Crippen molar-refractivity contribution in [3.8, 4) is 5.75 Å². The number of Topliss-reactive ketones (excluding diaryl/α,β-unsaturated/α-hetero) is 1. The van der Waals surface area contributed by atoms with Gasteiger partial charge < -0.3 is 73.0 Å². The van der Waals surface area contributed by atoms with Gasteiger partial charge in [-0.2, -0.15) is 0 Å².